The van der Waals surface area contributed by atoms with Gasteiger partial charge in [0.2, 0.25) is 0 Å². The van der Waals surface area contributed by atoms with Gasteiger partial charge in [-0.15, -0.1) is 35.2 Å². The molecule has 0 bridgehead atoms. The summed E-state index contributed by atoms with van der Waals surface area (Å²) in [4.78, 5) is 4.82. The Morgan fingerprint density at radius 3 is 2.05 bits per heavy atom. The minimum absolute atomic E-state index is 0. The maximum atomic E-state index is 10.4. The number of para-hydroxylation sites is 4. The SMILES string of the molecule is [2H]c1c([2H])c([2H])c(-c2cccc(-c3c([2H])c([2H])c([2H])c([2H])c3[2H])c2-[n+]2[c-]n(-c3[c-]c(Oc4[c-]c5c(cc4)c4ccccc4n5-c4cc(C(C)(C)C)ccn4)cc(-c4ccccc4C#N)c3)c3ccccc32)c([2H])c1[2H].[Pt]. The molecule has 0 amide bonds. The van der Waals surface area contributed by atoms with Crippen LogP contribution in [0.15, 0.2) is 194 Å². The Morgan fingerprint density at radius 1 is 0.652 bits per heavy atom. The van der Waals surface area contributed by atoms with Crippen LogP contribution in [0.25, 0.3) is 83.4 Å². The van der Waals surface area contributed by atoms with Gasteiger partial charge in [0.1, 0.15) is 5.82 Å². The van der Waals surface area contributed by atoms with Crippen molar-refractivity contribution in [2.24, 2.45) is 0 Å². The smallest absolute Gasteiger partial charge is 0.268 e. The zero-order valence-electron chi connectivity index (χ0n) is 45.7. The molecule has 0 aliphatic heterocycles. The van der Waals surface area contributed by atoms with Crippen LogP contribution >= 0.6 is 0 Å². The fourth-order valence-corrected chi connectivity index (χ4v) is 8.35. The third kappa shape index (κ3) is 7.58. The molecule has 3 aromatic heterocycles. The van der Waals surface area contributed by atoms with Crippen LogP contribution in [0.5, 0.6) is 11.5 Å². The predicted molar refractivity (Wildman–Crippen MR) is 260 cm³/mol. The summed E-state index contributed by atoms with van der Waals surface area (Å²) in [6.07, 6.45) is 5.25. The molecule has 0 unspecified atom stereocenters. The number of nitriles is 1. The number of imidazole rings is 1. The molecule has 0 aliphatic carbocycles. The van der Waals surface area contributed by atoms with Crippen molar-refractivity contribution in [3.8, 4) is 68.1 Å². The summed E-state index contributed by atoms with van der Waals surface area (Å²) in [6, 6.07) is 42.4. The summed E-state index contributed by atoms with van der Waals surface area (Å²) >= 11 is 0. The van der Waals surface area contributed by atoms with Crippen molar-refractivity contribution in [3.05, 3.63) is 224 Å². The van der Waals surface area contributed by atoms with Gasteiger partial charge in [-0.1, -0.05) is 166 Å². The Kier molecular flexibility index (Phi) is 8.35. The zero-order chi connectivity index (χ0) is 52.8. The average molecular weight is 1040 g/mol. The molecule has 7 heteroatoms. The number of aromatic nitrogens is 4. The molecule has 320 valence electrons. The van der Waals surface area contributed by atoms with Gasteiger partial charge in [-0.05, 0) is 74.1 Å². The molecule has 3 heterocycles. The van der Waals surface area contributed by atoms with E-state index < -0.39 is 60.4 Å². The van der Waals surface area contributed by atoms with E-state index in [2.05, 4.69) is 62.0 Å². The predicted octanol–water partition coefficient (Wildman–Crippen LogP) is 13.8. The standard InChI is InChI=1S/C59H41N5O.Pt/c1-59(2,3)44-31-32-61-57(35-44)64-53-26-13-12-23-51(53)52-30-29-46(37-56(52)64)65-47-34-43(48-22-11-10-21-42(48)38-60)33-45(36-47)62-39-63(55-28-15-14-27-54(55)62)58-49(40-17-6-4-7-18-40)24-16-25-50(58)41-19-8-5-9-20-41;/h4-35H,1-3H3;/q-2;/i4D,5D,6D,7D,8D,9D,17D,18D,19D,20D;. The molecular weight excluding hydrogens is 990 g/mol. The van der Waals surface area contributed by atoms with Gasteiger partial charge in [0.05, 0.1) is 42.1 Å². The fourth-order valence-electron chi connectivity index (χ4n) is 8.35. The monoisotopic (exact) mass is 1040 g/mol. The zero-order valence-corrected chi connectivity index (χ0v) is 37.9. The quantitative estimate of drug-likeness (QED) is 0.113. The van der Waals surface area contributed by atoms with Crippen LogP contribution in [0.3, 0.4) is 0 Å². The first-order valence-electron chi connectivity index (χ1n) is 25.9. The van der Waals surface area contributed by atoms with Crippen LogP contribution in [0, 0.1) is 29.8 Å². The number of hydrogen-bond donors (Lipinski definition) is 0. The van der Waals surface area contributed by atoms with Crippen molar-refractivity contribution < 1.29 is 44.1 Å². The molecule has 0 N–H and O–H groups in total. The van der Waals surface area contributed by atoms with E-state index in [0.717, 1.165) is 33.2 Å². The largest absolute Gasteiger partial charge is 0.510 e. The Labute approximate surface area is 412 Å². The van der Waals surface area contributed by atoms with Gasteiger partial charge in [0.15, 0.2) is 0 Å². The number of fused-ring (bicyclic) bond motifs is 4. The molecule has 0 atom stereocenters. The Bertz CT molecular complexity index is 4110. The number of rotatable bonds is 8. The molecule has 0 fully saturated rings. The van der Waals surface area contributed by atoms with Gasteiger partial charge in [-0.25, -0.2) is 4.98 Å². The van der Waals surface area contributed by atoms with Gasteiger partial charge in [-0.2, -0.15) is 17.4 Å². The maximum absolute atomic E-state index is 10.4. The minimum Gasteiger partial charge on any atom is -0.510 e. The van der Waals surface area contributed by atoms with Crippen LogP contribution in [-0.2, 0) is 26.5 Å². The molecule has 11 aromatic rings. The third-order valence-corrected chi connectivity index (χ3v) is 11.4. The van der Waals surface area contributed by atoms with Crippen molar-refractivity contribution in [1.82, 2.24) is 14.1 Å². The Balaban J connectivity index is 0.00000657. The first-order valence-corrected chi connectivity index (χ1v) is 20.9. The summed E-state index contributed by atoms with van der Waals surface area (Å²) < 4.78 is 99.9. The summed E-state index contributed by atoms with van der Waals surface area (Å²) in [5.41, 5.74) is 5.60. The topological polar surface area (TPSA) is 59.6 Å². The second-order valence-corrected chi connectivity index (χ2v) is 16.4. The van der Waals surface area contributed by atoms with Crippen molar-refractivity contribution >= 4 is 32.8 Å². The molecule has 0 aliphatic rings. The Hall–Kier alpha value is -7.84. The molecule has 8 aromatic carbocycles. The van der Waals surface area contributed by atoms with E-state index in [4.69, 9.17) is 23.4 Å². The van der Waals surface area contributed by atoms with E-state index >= 15 is 0 Å². The number of pyridine rings is 1. The minimum atomic E-state index is -0.595. The Morgan fingerprint density at radius 2 is 1.32 bits per heavy atom. The van der Waals surface area contributed by atoms with Crippen LogP contribution in [0.2, 0.25) is 0 Å². The fraction of sp³-hybridized carbons (Fsp3) is 0.0678. The molecular formula is C59H41N5OPt-2. The second kappa shape index (κ2) is 17.3. The summed E-state index contributed by atoms with van der Waals surface area (Å²) in [7, 11) is 0. The number of benzene rings is 8. The van der Waals surface area contributed by atoms with E-state index in [1.165, 1.54) is 0 Å². The van der Waals surface area contributed by atoms with Gasteiger partial charge < -0.3 is 13.9 Å². The van der Waals surface area contributed by atoms with E-state index in [1.807, 2.05) is 72.9 Å². The third-order valence-electron chi connectivity index (χ3n) is 11.4. The van der Waals surface area contributed by atoms with Crippen molar-refractivity contribution in [3.63, 3.8) is 0 Å². The van der Waals surface area contributed by atoms with Crippen molar-refractivity contribution in [2.75, 3.05) is 0 Å². The first kappa shape index (κ1) is 31.9. The molecule has 0 radical (unpaired) electrons. The van der Waals surface area contributed by atoms with E-state index in [9.17, 15) is 5.26 Å². The van der Waals surface area contributed by atoms with Gasteiger partial charge in [0.25, 0.3) is 6.33 Å². The van der Waals surface area contributed by atoms with Crippen LogP contribution in [0.4, 0.5) is 0 Å². The molecule has 0 saturated heterocycles. The van der Waals surface area contributed by atoms with Gasteiger partial charge in [-0.3, -0.25) is 4.57 Å². The molecule has 0 saturated carbocycles. The summed E-state index contributed by atoms with van der Waals surface area (Å²) in [5, 5.41) is 12.3. The van der Waals surface area contributed by atoms with Crippen LogP contribution in [-0.4, -0.2) is 14.1 Å². The van der Waals surface area contributed by atoms with Crippen molar-refractivity contribution in [2.45, 2.75) is 26.2 Å². The van der Waals surface area contributed by atoms with Crippen LogP contribution in [0.1, 0.15) is 45.6 Å². The second-order valence-electron chi connectivity index (χ2n) is 16.4. The maximum Gasteiger partial charge on any atom is 0.268 e. The van der Waals surface area contributed by atoms with E-state index in [0.29, 0.717) is 39.2 Å². The molecule has 0 spiro atoms. The summed E-state index contributed by atoms with van der Waals surface area (Å²) in [6.45, 7) is 6.47. The van der Waals surface area contributed by atoms with Gasteiger partial charge >= 0.3 is 0 Å². The van der Waals surface area contributed by atoms with Crippen LogP contribution < -0.4 is 9.30 Å². The van der Waals surface area contributed by atoms with Crippen molar-refractivity contribution in [1.29, 1.82) is 5.26 Å². The normalized spacial score (nSPS) is 13.5. The van der Waals surface area contributed by atoms with Gasteiger partial charge in [0, 0.05) is 44.3 Å². The molecule has 66 heavy (non-hydrogen) atoms. The first-order chi connectivity index (χ1) is 36.0. The number of ether oxygens (including phenoxy) is 1. The molecule has 11 rings (SSSR count). The average Bonchev–Trinajstić information content (AvgIpc) is 4.00. The molecule has 6 nitrogen and oxygen atoms in total. The van der Waals surface area contributed by atoms with E-state index in [1.54, 1.807) is 57.7 Å². The summed E-state index contributed by atoms with van der Waals surface area (Å²) in [5.74, 6) is 1.33. The number of nitrogens with zero attached hydrogens (tertiary/aromatic N) is 5. The number of hydrogen-bond acceptors (Lipinski definition) is 3. The van der Waals surface area contributed by atoms with E-state index in [-0.39, 0.29) is 60.2 Å².